The van der Waals surface area contributed by atoms with Gasteiger partial charge in [0, 0.05) is 23.6 Å². The first-order valence-electron chi connectivity index (χ1n) is 10.7. The second-order valence-corrected chi connectivity index (χ2v) is 7.80. The Balaban J connectivity index is 1.45. The third-order valence-electron chi connectivity index (χ3n) is 5.70. The average molecular weight is 431 g/mol. The molecule has 0 saturated carbocycles. The van der Waals surface area contributed by atoms with E-state index in [9.17, 15) is 10.2 Å². The van der Waals surface area contributed by atoms with Crippen LogP contribution in [0.4, 0.5) is 5.69 Å². The molecule has 0 unspecified atom stereocenters. The summed E-state index contributed by atoms with van der Waals surface area (Å²) in [5.74, 6) is 0.398. The lowest BCUT2D eigenvalue weighted by atomic mass is 10.0. The minimum absolute atomic E-state index is 0.194. The zero-order valence-electron chi connectivity index (χ0n) is 17.9. The summed E-state index contributed by atoms with van der Waals surface area (Å²) in [6.45, 7) is 0.414. The molecule has 0 aromatic heterocycles. The van der Waals surface area contributed by atoms with Gasteiger partial charge in [0.2, 0.25) is 0 Å². The van der Waals surface area contributed by atoms with Crippen LogP contribution in [0, 0.1) is 0 Å². The van der Waals surface area contributed by atoms with Crippen molar-refractivity contribution in [2.24, 2.45) is 9.98 Å². The lowest BCUT2D eigenvalue weighted by molar-refractivity contribution is 0.475. The highest BCUT2D eigenvalue weighted by Gasteiger charge is 2.07. The topological polar surface area (TPSA) is 65.2 Å². The third-order valence-corrected chi connectivity index (χ3v) is 5.70. The summed E-state index contributed by atoms with van der Waals surface area (Å²) < 4.78 is 0. The molecule has 2 N–H and O–H groups in total. The number of phenols is 2. The summed E-state index contributed by atoms with van der Waals surface area (Å²) in [5, 5.41) is 24.7. The number of aromatic hydroxyl groups is 2. The van der Waals surface area contributed by atoms with E-state index in [1.165, 1.54) is 0 Å². The summed E-state index contributed by atoms with van der Waals surface area (Å²) >= 11 is 0. The lowest BCUT2D eigenvalue weighted by Crippen LogP contribution is -1.89. The van der Waals surface area contributed by atoms with E-state index in [1.54, 1.807) is 24.6 Å². The fraction of sp³-hybridized carbons (Fsp3) is 0.0345. The van der Waals surface area contributed by atoms with Gasteiger partial charge in [0.25, 0.3) is 0 Å². The number of hydrogen-bond acceptors (Lipinski definition) is 4. The largest absolute Gasteiger partial charge is 0.507 e. The first kappa shape index (κ1) is 20.5. The van der Waals surface area contributed by atoms with Gasteiger partial charge in [-0.2, -0.15) is 0 Å². The molecule has 0 radical (unpaired) electrons. The smallest absolute Gasteiger partial charge is 0.124 e. The van der Waals surface area contributed by atoms with Crippen LogP contribution in [-0.2, 0) is 6.54 Å². The molecule has 0 aliphatic rings. The zero-order chi connectivity index (χ0) is 22.6. The van der Waals surface area contributed by atoms with E-state index in [1.807, 2.05) is 84.9 Å². The number of aliphatic imine (C=N–C) groups is 2. The first-order chi connectivity index (χ1) is 16.2. The molecule has 0 spiro atoms. The van der Waals surface area contributed by atoms with Crippen LogP contribution in [0.1, 0.15) is 16.7 Å². The molecule has 4 nitrogen and oxygen atoms in total. The van der Waals surface area contributed by atoms with Crippen LogP contribution in [0.5, 0.6) is 11.5 Å². The normalized spacial score (nSPS) is 11.8. The maximum Gasteiger partial charge on any atom is 0.124 e. The van der Waals surface area contributed by atoms with Crippen molar-refractivity contribution in [1.82, 2.24) is 0 Å². The van der Waals surface area contributed by atoms with Gasteiger partial charge in [-0.25, -0.2) is 0 Å². The van der Waals surface area contributed by atoms with Crippen molar-refractivity contribution in [2.45, 2.75) is 6.54 Å². The molecule has 0 fully saturated rings. The molecular weight excluding hydrogens is 408 g/mol. The number of nitrogens with zero attached hydrogens (tertiary/aromatic N) is 2. The monoisotopic (exact) mass is 430 g/mol. The van der Waals surface area contributed by atoms with Crippen molar-refractivity contribution in [3.8, 4) is 11.5 Å². The molecule has 5 rings (SSSR count). The number of phenolic OH excluding ortho intramolecular Hbond substituents is 2. The minimum Gasteiger partial charge on any atom is -0.507 e. The van der Waals surface area contributed by atoms with Gasteiger partial charge in [-0.05, 0) is 45.3 Å². The fourth-order valence-electron chi connectivity index (χ4n) is 3.98. The molecular formula is C29H22N2O2. The van der Waals surface area contributed by atoms with Crippen molar-refractivity contribution < 1.29 is 10.2 Å². The predicted molar refractivity (Wildman–Crippen MR) is 136 cm³/mol. The predicted octanol–water partition coefficient (Wildman–Crippen LogP) is 6.77. The number of fused-ring (bicyclic) bond motifs is 2. The van der Waals surface area contributed by atoms with Gasteiger partial charge in [0.05, 0.1) is 12.2 Å². The molecule has 0 atom stereocenters. The summed E-state index contributed by atoms with van der Waals surface area (Å²) in [6.07, 6.45) is 3.42. The van der Waals surface area contributed by atoms with Crippen molar-refractivity contribution in [2.75, 3.05) is 0 Å². The van der Waals surface area contributed by atoms with Gasteiger partial charge in [-0.1, -0.05) is 78.9 Å². The zero-order valence-corrected chi connectivity index (χ0v) is 17.9. The summed E-state index contributed by atoms with van der Waals surface area (Å²) in [7, 11) is 0. The standard InChI is InChI=1S/C29H22N2O2/c32-28-15-13-20-7-1-4-10-23(20)25(28)18-30-17-22-9-3-6-12-27(22)31-19-26-24-11-5-2-8-21(24)14-16-29(26)33/h1-16,18-19,32-33H,17H2. The van der Waals surface area contributed by atoms with Crippen LogP contribution in [0.3, 0.4) is 0 Å². The average Bonchev–Trinajstić information content (AvgIpc) is 2.85. The molecule has 33 heavy (non-hydrogen) atoms. The SMILES string of the molecule is Oc1ccc2ccccc2c1C=NCc1ccccc1N=Cc1c(O)ccc2ccccc12. The van der Waals surface area contributed by atoms with E-state index in [0.29, 0.717) is 17.7 Å². The molecule has 0 heterocycles. The van der Waals surface area contributed by atoms with Crippen LogP contribution in [0.2, 0.25) is 0 Å². The molecule has 5 aromatic carbocycles. The molecule has 0 saturated heterocycles. The number of hydrogen-bond donors (Lipinski definition) is 2. The lowest BCUT2D eigenvalue weighted by Gasteiger charge is -2.07. The van der Waals surface area contributed by atoms with E-state index >= 15 is 0 Å². The van der Waals surface area contributed by atoms with Gasteiger partial charge in [0.15, 0.2) is 0 Å². The van der Waals surface area contributed by atoms with E-state index in [0.717, 1.165) is 32.8 Å². The molecule has 5 aromatic rings. The molecule has 4 heteroatoms. The second-order valence-electron chi connectivity index (χ2n) is 7.80. The van der Waals surface area contributed by atoms with Crippen molar-refractivity contribution in [3.05, 3.63) is 114 Å². The second kappa shape index (κ2) is 8.97. The van der Waals surface area contributed by atoms with Crippen LogP contribution in [0.25, 0.3) is 21.5 Å². The Kier molecular flexibility index (Phi) is 5.56. The Hall–Kier alpha value is -4.44. The van der Waals surface area contributed by atoms with Crippen LogP contribution in [-0.4, -0.2) is 22.6 Å². The molecule has 0 aliphatic heterocycles. The van der Waals surface area contributed by atoms with E-state index in [2.05, 4.69) is 9.98 Å². The van der Waals surface area contributed by atoms with Crippen molar-refractivity contribution in [3.63, 3.8) is 0 Å². The number of para-hydroxylation sites is 1. The fourth-order valence-corrected chi connectivity index (χ4v) is 3.98. The third kappa shape index (κ3) is 4.19. The molecule has 160 valence electrons. The Morgan fingerprint density at radius 3 is 1.79 bits per heavy atom. The van der Waals surface area contributed by atoms with Gasteiger partial charge >= 0.3 is 0 Å². The highest BCUT2D eigenvalue weighted by atomic mass is 16.3. The van der Waals surface area contributed by atoms with Gasteiger partial charge in [-0.15, -0.1) is 0 Å². The first-order valence-corrected chi connectivity index (χ1v) is 10.7. The Morgan fingerprint density at radius 2 is 1.12 bits per heavy atom. The Bertz CT molecular complexity index is 1520. The Morgan fingerprint density at radius 1 is 0.576 bits per heavy atom. The summed E-state index contributed by atoms with van der Waals surface area (Å²) in [5.41, 5.74) is 3.12. The Labute approximate surface area is 191 Å². The van der Waals surface area contributed by atoms with Crippen LogP contribution < -0.4 is 0 Å². The van der Waals surface area contributed by atoms with E-state index in [-0.39, 0.29) is 11.5 Å². The van der Waals surface area contributed by atoms with E-state index < -0.39 is 0 Å². The van der Waals surface area contributed by atoms with Gasteiger partial charge in [0.1, 0.15) is 11.5 Å². The number of benzene rings is 5. The summed E-state index contributed by atoms with van der Waals surface area (Å²) in [6, 6.07) is 30.8. The highest BCUT2D eigenvalue weighted by molar-refractivity contribution is 6.03. The van der Waals surface area contributed by atoms with Crippen molar-refractivity contribution >= 4 is 39.7 Å². The maximum absolute atomic E-state index is 10.4. The van der Waals surface area contributed by atoms with Crippen molar-refractivity contribution in [1.29, 1.82) is 0 Å². The van der Waals surface area contributed by atoms with E-state index in [4.69, 9.17) is 0 Å². The quantitative estimate of drug-likeness (QED) is 0.302. The molecule has 0 aliphatic carbocycles. The van der Waals surface area contributed by atoms with Gasteiger partial charge < -0.3 is 10.2 Å². The maximum atomic E-state index is 10.4. The highest BCUT2D eigenvalue weighted by Crippen LogP contribution is 2.28. The van der Waals surface area contributed by atoms with Crippen LogP contribution >= 0.6 is 0 Å². The summed E-state index contributed by atoms with van der Waals surface area (Å²) in [4.78, 5) is 9.27. The van der Waals surface area contributed by atoms with Crippen LogP contribution in [0.15, 0.2) is 107 Å². The molecule has 0 amide bonds. The molecule has 0 bridgehead atoms. The van der Waals surface area contributed by atoms with Gasteiger partial charge in [-0.3, -0.25) is 9.98 Å². The minimum atomic E-state index is 0.194. The number of rotatable bonds is 5.